The van der Waals surface area contributed by atoms with Crippen molar-refractivity contribution >= 4 is 27.5 Å². The van der Waals surface area contributed by atoms with Crippen LogP contribution in [0.1, 0.15) is 16.7 Å². The number of carbonyl (C=O) groups excluding carboxylic acids is 1. The molecule has 0 saturated heterocycles. The Morgan fingerprint density at radius 2 is 1.64 bits per heavy atom. The highest BCUT2D eigenvalue weighted by Gasteiger charge is 2.12. The summed E-state index contributed by atoms with van der Waals surface area (Å²) in [7, 11) is 3.27. The van der Waals surface area contributed by atoms with Gasteiger partial charge < -0.3 is 24.8 Å². The first-order valence-electron chi connectivity index (χ1n) is 10.7. The van der Waals surface area contributed by atoms with Crippen LogP contribution in [0.15, 0.2) is 65.1 Å². The van der Waals surface area contributed by atoms with Crippen LogP contribution in [0.3, 0.4) is 0 Å². The molecule has 0 spiro atoms. The zero-order chi connectivity index (χ0) is 23.6. The molecule has 174 valence electrons. The lowest BCUT2D eigenvalue weighted by atomic mass is 10.1. The summed E-state index contributed by atoms with van der Waals surface area (Å²) in [4.78, 5) is 12.3. The van der Waals surface area contributed by atoms with Gasteiger partial charge >= 0.3 is 0 Å². The monoisotopic (exact) mass is 512 g/mol. The Balaban J connectivity index is 1.54. The first-order chi connectivity index (χ1) is 16.0. The van der Waals surface area contributed by atoms with Crippen LogP contribution in [0, 0.1) is 6.92 Å². The van der Waals surface area contributed by atoms with Gasteiger partial charge in [0.15, 0.2) is 18.1 Å². The van der Waals surface area contributed by atoms with Crippen molar-refractivity contribution in [2.45, 2.75) is 19.9 Å². The third-order valence-electron chi connectivity index (χ3n) is 5.11. The van der Waals surface area contributed by atoms with Crippen LogP contribution in [0.2, 0.25) is 0 Å². The minimum Gasteiger partial charge on any atom is -0.496 e. The summed E-state index contributed by atoms with van der Waals surface area (Å²) in [6.07, 6.45) is 0.857. The number of anilines is 1. The van der Waals surface area contributed by atoms with E-state index in [0.29, 0.717) is 18.0 Å². The molecule has 7 heteroatoms. The molecule has 2 N–H and O–H groups in total. The molecule has 1 amide bonds. The van der Waals surface area contributed by atoms with E-state index in [0.717, 1.165) is 45.6 Å². The Bertz CT molecular complexity index is 1070. The first kappa shape index (κ1) is 24.6. The number of benzene rings is 3. The molecule has 0 fully saturated rings. The third kappa shape index (κ3) is 7.23. The average Bonchev–Trinajstić information content (AvgIpc) is 2.83. The predicted molar refractivity (Wildman–Crippen MR) is 134 cm³/mol. The Hall–Kier alpha value is -3.03. The molecule has 0 unspecified atom stereocenters. The number of ether oxygens (including phenoxy) is 3. The summed E-state index contributed by atoms with van der Waals surface area (Å²) in [5.41, 5.74) is 4.06. The van der Waals surface area contributed by atoms with Gasteiger partial charge in [-0.1, -0.05) is 51.8 Å². The molecule has 0 aliphatic carbocycles. The lowest BCUT2D eigenvalue weighted by Crippen LogP contribution is -2.20. The van der Waals surface area contributed by atoms with Crippen LogP contribution in [0.5, 0.6) is 17.2 Å². The standard InChI is InChI=1S/C26H29BrN2O4/c1-18-8-10-21(11-9-18)29-26(30)17-33-25-15-22(27)20(14-24(25)32-3)16-28-13-12-19-6-4-5-7-23(19)31-2/h4-11,14-15,28H,12-13,16-17H2,1-3H3,(H,29,30). The Kier molecular flexibility index (Phi) is 9.15. The maximum absolute atomic E-state index is 12.3. The number of hydrogen-bond acceptors (Lipinski definition) is 5. The molecule has 0 aliphatic rings. The summed E-state index contributed by atoms with van der Waals surface area (Å²) in [6.45, 7) is 3.33. The molecule has 0 aliphatic heterocycles. The van der Waals surface area contributed by atoms with Crippen LogP contribution in [-0.4, -0.2) is 33.3 Å². The zero-order valence-electron chi connectivity index (χ0n) is 19.1. The quantitative estimate of drug-likeness (QED) is 0.348. The van der Waals surface area contributed by atoms with Crippen LogP contribution in [-0.2, 0) is 17.8 Å². The number of nitrogens with one attached hydrogen (secondary N) is 2. The van der Waals surface area contributed by atoms with Gasteiger partial charge in [0.05, 0.1) is 14.2 Å². The van der Waals surface area contributed by atoms with Gasteiger partial charge in [-0.25, -0.2) is 0 Å². The normalized spacial score (nSPS) is 10.5. The van der Waals surface area contributed by atoms with Gasteiger partial charge in [-0.3, -0.25) is 4.79 Å². The summed E-state index contributed by atoms with van der Waals surface area (Å²) in [5, 5.41) is 6.27. The second-order valence-electron chi connectivity index (χ2n) is 7.54. The molecule has 3 aromatic rings. The summed E-state index contributed by atoms with van der Waals surface area (Å²) >= 11 is 3.60. The first-order valence-corrected chi connectivity index (χ1v) is 11.5. The number of para-hydroxylation sites is 1. The van der Waals surface area contributed by atoms with Crippen molar-refractivity contribution in [2.75, 3.05) is 32.7 Å². The summed E-state index contributed by atoms with van der Waals surface area (Å²) < 4.78 is 17.5. The van der Waals surface area contributed by atoms with Crippen molar-refractivity contribution in [3.05, 3.63) is 81.8 Å². The van der Waals surface area contributed by atoms with E-state index in [2.05, 4.69) is 32.6 Å². The number of aryl methyl sites for hydroxylation is 1. The highest BCUT2D eigenvalue weighted by molar-refractivity contribution is 9.10. The van der Waals surface area contributed by atoms with Crippen LogP contribution < -0.4 is 24.8 Å². The number of carbonyl (C=O) groups is 1. The number of amides is 1. The van der Waals surface area contributed by atoms with Gasteiger partial charge in [0, 0.05) is 16.7 Å². The van der Waals surface area contributed by atoms with E-state index in [9.17, 15) is 4.79 Å². The van der Waals surface area contributed by atoms with Gasteiger partial charge in [-0.15, -0.1) is 0 Å². The number of hydrogen-bond donors (Lipinski definition) is 2. The Morgan fingerprint density at radius 3 is 2.36 bits per heavy atom. The molecule has 0 bridgehead atoms. The Morgan fingerprint density at radius 1 is 0.909 bits per heavy atom. The predicted octanol–water partition coefficient (Wildman–Crippen LogP) is 5.12. The number of methoxy groups -OCH3 is 2. The van der Waals surface area contributed by atoms with Gasteiger partial charge in [-0.05, 0) is 61.3 Å². The van der Waals surface area contributed by atoms with Gasteiger partial charge in [-0.2, -0.15) is 0 Å². The largest absolute Gasteiger partial charge is 0.496 e. The van der Waals surface area contributed by atoms with Crippen molar-refractivity contribution < 1.29 is 19.0 Å². The van der Waals surface area contributed by atoms with Crippen LogP contribution >= 0.6 is 15.9 Å². The van der Waals surface area contributed by atoms with Crippen molar-refractivity contribution in [2.24, 2.45) is 0 Å². The van der Waals surface area contributed by atoms with Gasteiger partial charge in [0.1, 0.15) is 5.75 Å². The van der Waals surface area contributed by atoms with E-state index in [1.807, 2.05) is 61.5 Å². The third-order valence-corrected chi connectivity index (χ3v) is 5.84. The molecule has 0 saturated carbocycles. The topological polar surface area (TPSA) is 68.8 Å². The minimum absolute atomic E-state index is 0.118. The van der Waals surface area contributed by atoms with Crippen molar-refractivity contribution in [3.63, 3.8) is 0 Å². The second kappa shape index (κ2) is 12.3. The molecule has 33 heavy (non-hydrogen) atoms. The lowest BCUT2D eigenvalue weighted by molar-refractivity contribution is -0.118. The fourth-order valence-electron chi connectivity index (χ4n) is 3.32. The van der Waals surface area contributed by atoms with Gasteiger partial charge in [0.2, 0.25) is 0 Å². The molecule has 0 atom stereocenters. The van der Waals surface area contributed by atoms with Crippen LogP contribution in [0.4, 0.5) is 5.69 Å². The molecule has 6 nitrogen and oxygen atoms in total. The molecular formula is C26H29BrN2O4. The molecule has 3 aromatic carbocycles. The van der Waals surface area contributed by atoms with E-state index in [-0.39, 0.29) is 12.5 Å². The Labute approximate surface area is 203 Å². The van der Waals surface area contributed by atoms with E-state index >= 15 is 0 Å². The molecule has 3 rings (SSSR count). The summed E-state index contributed by atoms with van der Waals surface area (Å²) in [6, 6.07) is 19.4. The molecule has 0 heterocycles. The summed E-state index contributed by atoms with van der Waals surface area (Å²) in [5.74, 6) is 1.73. The SMILES string of the molecule is COc1ccccc1CCNCc1cc(OC)c(OCC(=O)Nc2ccc(C)cc2)cc1Br. The zero-order valence-corrected chi connectivity index (χ0v) is 20.7. The van der Waals surface area contributed by atoms with E-state index in [1.54, 1.807) is 14.2 Å². The number of halogens is 1. The van der Waals surface area contributed by atoms with Crippen molar-refractivity contribution in [1.29, 1.82) is 0 Å². The fourth-order valence-corrected chi connectivity index (χ4v) is 3.78. The van der Waals surface area contributed by atoms with E-state index in [4.69, 9.17) is 14.2 Å². The molecule has 0 radical (unpaired) electrons. The van der Waals surface area contributed by atoms with E-state index in [1.165, 1.54) is 0 Å². The maximum Gasteiger partial charge on any atom is 0.262 e. The smallest absolute Gasteiger partial charge is 0.262 e. The maximum atomic E-state index is 12.3. The minimum atomic E-state index is -0.237. The molecule has 0 aromatic heterocycles. The lowest BCUT2D eigenvalue weighted by Gasteiger charge is -2.15. The second-order valence-corrected chi connectivity index (χ2v) is 8.39. The average molecular weight is 513 g/mol. The highest BCUT2D eigenvalue weighted by Crippen LogP contribution is 2.33. The highest BCUT2D eigenvalue weighted by atomic mass is 79.9. The number of rotatable bonds is 11. The van der Waals surface area contributed by atoms with Crippen molar-refractivity contribution in [1.82, 2.24) is 5.32 Å². The van der Waals surface area contributed by atoms with Crippen molar-refractivity contribution in [3.8, 4) is 17.2 Å². The van der Waals surface area contributed by atoms with Crippen LogP contribution in [0.25, 0.3) is 0 Å². The van der Waals surface area contributed by atoms with Gasteiger partial charge in [0.25, 0.3) is 5.91 Å². The molecular weight excluding hydrogens is 484 g/mol. The fraction of sp³-hybridized carbons (Fsp3) is 0.269. The van der Waals surface area contributed by atoms with E-state index < -0.39 is 0 Å².